The van der Waals surface area contributed by atoms with Crippen LogP contribution in [-0.4, -0.2) is 13.7 Å². The minimum atomic E-state index is -0.624. The number of fused-ring (bicyclic) bond motifs is 12. The molecule has 510 valence electrons. The molecular formula is C105H65N5. The summed E-state index contributed by atoms with van der Waals surface area (Å²) in [5.41, 5.74) is 30.1. The number of nitrogens with zero attached hydrogens (tertiary/aromatic N) is 5. The van der Waals surface area contributed by atoms with Gasteiger partial charge in [-0.05, 0) is 196 Å². The van der Waals surface area contributed by atoms with Crippen LogP contribution < -0.4 is 0 Å². The molecule has 3 aromatic heterocycles. The molecule has 0 saturated heterocycles. The molecule has 110 heavy (non-hydrogen) atoms. The van der Waals surface area contributed by atoms with Crippen molar-refractivity contribution in [1.82, 2.24) is 13.7 Å². The van der Waals surface area contributed by atoms with E-state index in [1.54, 1.807) is 0 Å². The summed E-state index contributed by atoms with van der Waals surface area (Å²) in [6.07, 6.45) is 0. The average Bonchev–Trinajstić information content (AvgIpc) is 1.48. The van der Waals surface area contributed by atoms with Gasteiger partial charge in [-0.2, -0.15) is 10.5 Å². The molecule has 3 heterocycles. The van der Waals surface area contributed by atoms with Crippen molar-refractivity contribution < 1.29 is 0 Å². The molecule has 1 aliphatic carbocycles. The van der Waals surface area contributed by atoms with Crippen molar-refractivity contribution in [2.45, 2.75) is 5.92 Å². The predicted molar refractivity (Wildman–Crippen MR) is 455 cm³/mol. The van der Waals surface area contributed by atoms with E-state index in [0.717, 1.165) is 182 Å². The van der Waals surface area contributed by atoms with Gasteiger partial charge in [0.25, 0.3) is 0 Å². The molecule has 17 aromatic carbocycles. The summed E-state index contributed by atoms with van der Waals surface area (Å²) in [5, 5.41) is 33.5. The SMILES string of the molecule is N#Cc1c(C2c3ccc(-c4ccccc4)cc3-c3cc(-c4ccccc4)ccc32)c(-n2c3ccc(-c4ccccc4)cc3c3cc(-c4ccccc4)ccc32)c(C#N)c(-n2c3ccc(-c4ccccc4)cc3c3cc(-c4ccccc4)ccc32)c1-n1c2ccc(-c3ccccc3)cc2c2cc(-c3ccccc3)ccc21. The molecule has 0 bridgehead atoms. The number of benzene rings is 17. The van der Waals surface area contributed by atoms with Gasteiger partial charge in [-0.3, -0.25) is 0 Å². The molecular weight excluding hydrogens is 1330 g/mol. The minimum Gasteiger partial charge on any atom is -0.307 e. The highest BCUT2D eigenvalue weighted by Gasteiger charge is 2.41. The van der Waals surface area contributed by atoms with E-state index in [0.29, 0.717) is 28.2 Å². The highest BCUT2D eigenvalue weighted by atomic mass is 15.1. The molecule has 0 spiro atoms. The lowest BCUT2D eigenvalue weighted by Crippen LogP contribution is -2.18. The summed E-state index contributed by atoms with van der Waals surface area (Å²) in [5.74, 6) is -0.624. The van der Waals surface area contributed by atoms with Crippen LogP contribution in [-0.2, 0) is 0 Å². The van der Waals surface area contributed by atoms with Crippen LogP contribution >= 0.6 is 0 Å². The van der Waals surface area contributed by atoms with Gasteiger partial charge in [-0.25, -0.2) is 0 Å². The van der Waals surface area contributed by atoms with Gasteiger partial charge in [0, 0.05) is 43.8 Å². The molecule has 0 N–H and O–H groups in total. The van der Waals surface area contributed by atoms with Crippen molar-refractivity contribution >= 4 is 65.4 Å². The first-order valence-corrected chi connectivity index (χ1v) is 37.5. The Morgan fingerprint density at radius 1 is 0.191 bits per heavy atom. The van der Waals surface area contributed by atoms with E-state index in [1.807, 2.05) is 0 Å². The topological polar surface area (TPSA) is 62.4 Å². The molecule has 1 aliphatic rings. The first-order valence-electron chi connectivity index (χ1n) is 37.5. The van der Waals surface area contributed by atoms with Crippen LogP contribution in [0.3, 0.4) is 0 Å². The normalized spacial score (nSPS) is 11.9. The van der Waals surface area contributed by atoms with E-state index in [-0.39, 0.29) is 0 Å². The minimum absolute atomic E-state index is 0.402. The zero-order valence-electron chi connectivity index (χ0n) is 59.8. The predicted octanol–water partition coefficient (Wildman–Crippen LogP) is 27.2. The second-order valence-electron chi connectivity index (χ2n) is 28.8. The zero-order chi connectivity index (χ0) is 72.9. The number of nitriles is 2. The Balaban J connectivity index is 0.986. The molecule has 0 fully saturated rings. The highest BCUT2D eigenvalue weighted by molar-refractivity contribution is 6.17. The molecule has 0 aliphatic heterocycles. The Morgan fingerprint density at radius 2 is 0.391 bits per heavy atom. The van der Waals surface area contributed by atoms with E-state index < -0.39 is 5.92 Å². The van der Waals surface area contributed by atoms with Gasteiger partial charge in [0.15, 0.2) is 0 Å². The fraction of sp³-hybridized carbons (Fsp3) is 0.00952. The average molecular weight is 1400 g/mol. The Labute approximate surface area is 636 Å². The summed E-state index contributed by atoms with van der Waals surface area (Å²) in [4.78, 5) is 0. The summed E-state index contributed by atoms with van der Waals surface area (Å²) in [6, 6.07) is 146. The maximum atomic E-state index is 13.7. The smallest absolute Gasteiger partial charge is 0.104 e. The first-order chi connectivity index (χ1) is 54.5. The van der Waals surface area contributed by atoms with Crippen molar-refractivity contribution in [3.8, 4) is 129 Å². The third-order valence-electron chi connectivity index (χ3n) is 22.8. The third kappa shape index (κ3) is 10.3. The van der Waals surface area contributed by atoms with Gasteiger partial charge in [0.2, 0.25) is 0 Å². The number of aromatic nitrogens is 3. The molecule has 5 heteroatoms. The Bertz CT molecular complexity index is 6790. The lowest BCUT2D eigenvalue weighted by atomic mass is 9.81. The summed E-state index contributed by atoms with van der Waals surface area (Å²) in [6.45, 7) is 0. The fourth-order valence-electron chi connectivity index (χ4n) is 17.7. The van der Waals surface area contributed by atoms with Crippen LogP contribution in [0, 0.1) is 22.7 Å². The number of hydrogen-bond donors (Lipinski definition) is 0. The lowest BCUT2D eigenvalue weighted by molar-refractivity contribution is 0.953. The van der Waals surface area contributed by atoms with Crippen LogP contribution in [0.25, 0.3) is 183 Å². The van der Waals surface area contributed by atoms with E-state index in [9.17, 15) is 10.5 Å². The lowest BCUT2D eigenvalue weighted by Gasteiger charge is -2.29. The first kappa shape index (κ1) is 63.6. The van der Waals surface area contributed by atoms with Crippen LogP contribution in [0.5, 0.6) is 0 Å². The molecule has 20 aromatic rings. The summed E-state index contributed by atoms with van der Waals surface area (Å²) < 4.78 is 7.06. The van der Waals surface area contributed by atoms with Crippen molar-refractivity contribution in [2.75, 3.05) is 0 Å². The highest BCUT2D eigenvalue weighted by Crippen LogP contribution is 2.57. The maximum absolute atomic E-state index is 13.7. The molecule has 21 rings (SSSR count). The van der Waals surface area contributed by atoms with E-state index in [1.165, 1.54) is 0 Å². The van der Waals surface area contributed by atoms with Gasteiger partial charge in [-0.1, -0.05) is 303 Å². The van der Waals surface area contributed by atoms with Gasteiger partial charge in [0.1, 0.15) is 17.7 Å². The summed E-state index contributed by atoms with van der Waals surface area (Å²) >= 11 is 0. The van der Waals surface area contributed by atoms with Gasteiger partial charge in [0.05, 0.1) is 55.7 Å². The van der Waals surface area contributed by atoms with Crippen LogP contribution in [0.1, 0.15) is 33.7 Å². The number of rotatable bonds is 12. The second kappa shape index (κ2) is 26.0. The Morgan fingerprint density at radius 3 is 0.618 bits per heavy atom. The quantitative estimate of drug-likeness (QED) is 0.122. The molecule has 0 amide bonds. The van der Waals surface area contributed by atoms with Crippen LogP contribution in [0.2, 0.25) is 0 Å². The standard InChI is InChI=1S/C105H65N5/c106-65-93-102(101-83-49-41-75(67-25-9-1-10-26-67)57-85(83)86-58-76(42-50-84(86)101)68-27-11-2-12-28-68)103(108-95-51-43-77(69-29-13-3-14-30-69)59-87(95)88-60-78(44-52-96(88)108)70-31-15-4-16-32-70)94(66-107)105(110-99-55-47-81(73-37-21-7-22-38-73)63-91(99)92-64-82(48-56-100(92)110)74-39-23-8-24-40-74)104(93)109-97-53-45-79(71-33-17-5-18-34-71)61-89(97)90-62-80(46-54-98(90)109)72-35-19-6-20-36-72/h1-64,101H. The summed E-state index contributed by atoms with van der Waals surface area (Å²) in [7, 11) is 0. The molecule has 0 atom stereocenters. The zero-order valence-corrected chi connectivity index (χ0v) is 59.8. The Kier molecular flexibility index (Phi) is 15.0. The van der Waals surface area contributed by atoms with Crippen LogP contribution in [0.15, 0.2) is 388 Å². The van der Waals surface area contributed by atoms with Crippen molar-refractivity contribution in [2.24, 2.45) is 0 Å². The Hall–Kier alpha value is -14.9. The molecule has 0 radical (unpaired) electrons. The van der Waals surface area contributed by atoms with E-state index in [2.05, 4.69) is 414 Å². The van der Waals surface area contributed by atoms with Crippen LogP contribution in [0.4, 0.5) is 0 Å². The van der Waals surface area contributed by atoms with Gasteiger partial charge >= 0.3 is 0 Å². The monoisotopic (exact) mass is 1400 g/mol. The maximum Gasteiger partial charge on any atom is 0.104 e. The molecule has 0 unspecified atom stereocenters. The van der Waals surface area contributed by atoms with E-state index in [4.69, 9.17) is 0 Å². The second-order valence-corrected chi connectivity index (χ2v) is 28.8. The van der Waals surface area contributed by atoms with Crippen molar-refractivity contribution in [3.05, 3.63) is 416 Å². The fourth-order valence-corrected chi connectivity index (χ4v) is 17.7. The van der Waals surface area contributed by atoms with Crippen molar-refractivity contribution in [3.63, 3.8) is 0 Å². The largest absolute Gasteiger partial charge is 0.307 e. The van der Waals surface area contributed by atoms with Crippen molar-refractivity contribution in [1.29, 1.82) is 10.5 Å². The van der Waals surface area contributed by atoms with E-state index >= 15 is 0 Å². The number of hydrogen-bond acceptors (Lipinski definition) is 2. The molecule has 0 saturated carbocycles. The molecule has 5 nitrogen and oxygen atoms in total. The van der Waals surface area contributed by atoms with Gasteiger partial charge in [-0.15, -0.1) is 0 Å². The third-order valence-corrected chi connectivity index (χ3v) is 22.8. The van der Waals surface area contributed by atoms with Gasteiger partial charge < -0.3 is 13.7 Å².